The predicted molar refractivity (Wildman–Crippen MR) is 236 cm³/mol. The Kier molecular flexibility index (Phi) is 17.6. The Balaban J connectivity index is 1.30. The van der Waals surface area contributed by atoms with Crippen LogP contribution in [0.15, 0.2) is 115 Å². The molecule has 0 atom stereocenters. The van der Waals surface area contributed by atoms with Crippen molar-refractivity contribution in [3.63, 3.8) is 0 Å². The van der Waals surface area contributed by atoms with E-state index in [9.17, 15) is 22.9 Å². The van der Waals surface area contributed by atoms with Crippen LogP contribution in [0.2, 0.25) is 0 Å². The molecule has 0 aliphatic carbocycles. The standard InChI is InChI=1S/C49H56F2NO8P/c1-3-5-7-9-11-13-33-58-43-28-19-37(20-29-43)36-15-17-39(18-16-36)47(53)46-35-40(48(54)60-52-42-26-24-41(25-27-42)49(50,51)61(55,56)57)23-32-45(46)38-21-30-44(31-22-38)59-34-14-12-10-8-6-4-2/h15-32,35,52H,3-14,33-34H2,1-2H3,(H2,55,56,57). The Morgan fingerprint density at radius 1 is 0.590 bits per heavy atom. The number of benzene rings is 5. The molecule has 0 spiro atoms. The third-order valence-electron chi connectivity index (χ3n) is 10.4. The summed E-state index contributed by atoms with van der Waals surface area (Å²) in [7, 11) is -5.75. The highest BCUT2D eigenvalue weighted by atomic mass is 31.2. The molecule has 12 heteroatoms. The molecule has 0 fully saturated rings. The van der Waals surface area contributed by atoms with E-state index < -0.39 is 24.8 Å². The van der Waals surface area contributed by atoms with Crippen LogP contribution in [0.4, 0.5) is 14.5 Å². The number of carbonyl (C=O) groups is 2. The van der Waals surface area contributed by atoms with Gasteiger partial charge >= 0.3 is 19.2 Å². The second-order valence-corrected chi connectivity index (χ2v) is 16.8. The van der Waals surface area contributed by atoms with Crippen molar-refractivity contribution in [2.24, 2.45) is 0 Å². The molecule has 61 heavy (non-hydrogen) atoms. The van der Waals surface area contributed by atoms with Crippen molar-refractivity contribution in [2.75, 3.05) is 18.7 Å². The van der Waals surface area contributed by atoms with Gasteiger partial charge < -0.3 is 24.1 Å². The fraction of sp³-hybridized carbons (Fsp3) is 0.347. The van der Waals surface area contributed by atoms with Gasteiger partial charge in [-0.3, -0.25) is 9.36 Å². The summed E-state index contributed by atoms with van der Waals surface area (Å²) in [4.78, 5) is 50.9. The van der Waals surface area contributed by atoms with Crippen molar-refractivity contribution < 1.29 is 47.0 Å². The van der Waals surface area contributed by atoms with Crippen LogP contribution in [-0.2, 0) is 15.1 Å². The second-order valence-electron chi connectivity index (χ2n) is 15.1. The number of hydrogen-bond acceptors (Lipinski definition) is 7. The zero-order valence-electron chi connectivity index (χ0n) is 34.9. The third-order valence-corrected chi connectivity index (χ3v) is 11.4. The smallest absolute Gasteiger partial charge is 0.399 e. The zero-order valence-corrected chi connectivity index (χ0v) is 35.8. The number of rotatable bonds is 25. The molecule has 0 saturated carbocycles. The molecule has 3 N–H and O–H groups in total. The van der Waals surface area contributed by atoms with Crippen LogP contribution in [0.1, 0.15) is 123 Å². The Labute approximate surface area is 357 Å². The van der Waals surface area contributed by atoms with Crippen molar-refractivity contribution in [2.45, 2.75) is 96.6 Å². The summed E-state index contributed by atoms with van der Waals surface area (Å²) in [5.41, 5.74) is 1.05. The van der Waals surface area contributed by atoms with Crippen LogP contribution in [0.3, 0.4) is 0 Å². The third kappa shape index (κ3) is 13.6. The molecule has 5 rings (SSSR count). The number of carbonyl (C=O) groups excluding carboxylic acids is 2. The van der Waals surface area contributed by atoms with Gasteiger partial charge in [0.05, 0.1) is 24.5 Å². The van der Waals surface area contributed by atoms with E-state index >= 15 is 0 Å². The van der Waals surface area contributed by atoms with E-state index in [0.717, 1.165) is 72.4 Å². The lowest BCUT2D eigenvalue weighted by atomic mass is 9.91. The van der Waals surface area contributed by atoms with Gasteiger partial charge in [-0.05, 0) is 83.6 Å². The van der Waals surface area contributed by atoms with E-state index in [1.165, 1.54) is 63.5 Å². The number of nitrogens with one attached hydrogen (secondary N) is 1. The Morgan fingerprint density at radius 2 is 1.05 bits per heavy atom. The van der Waals surface area contributed by atoms with E-state index in [2.05, 4.69) is 19.3 Å². The van der Waals surface area contributed by atoms with Gasteiger partial charge in [0.1, 0.15) is 11.5 Å². The van der Waals surface area contributed by atoms with Gasteiger partial charge in [0.25, 0.3) is 0 Å². The first-order valence-electron chi connectivity index (χ1n) is 21.2. The second kappa shape index (κ2) is 23.0. The lowest BCUT2D eigenvalue weighted by Crippen LogP contribution is -2.14. The van der Waals surface area contributed by atoms with Crippen LogP contribution in [0.5, 0.6) is 11.5 Å². The van der Waals surface area contributed by atoms with Gasteiger partial charge in [-0.25, -0.2) is 10.3 Å². The molecule has 5 aromatic rings. The molecule has 0 aromatic heterocycles. The average molecular weight is 856 g/mol. The SMILES string of the molecule is CCCCCCCCOc1ccc(-c2ccc(C(=O)c3cc(C(=O)ONc4ccc(C(F)(F)P(=O)(O)O)cc4)ccc3-c3ccc(OCCCCCCCC)cc3)cc2)cc1. The maximum absolute atomic E-state index is 14.3. The fourth-order valence-corrected chi connectivity index (χ4v) is 7.26. The van der Waals surface area contributed by atoms with E-state index in [0.29, 0.717) is 30.1 Å². The molecule has 0 radical (unpaired) electrons. The molecule has 0 heterocycles. The van der Waals surface area contributed by atoms with Crippen LogP contribution in [-0.4, -0.2) is 34.8 Å². The summed E-state index contributed by atoms with van der Waals surface area (Å²) >= 11 is 0. The minimum atomic E-state index is -5.75. The summed E-state index contributed by atoms with van der Waals surface area (Å²) in [5.74, 6) is 0.331. The van der Waals surface area contributed by atoms with Crippen molar-refractivity contribution in [1.29, 1.82) is 0 Å². The first-order valence-corrected chi connectivity index (χ1v) is 22.8. The number of unbranched alkanes of at least 4 members (excludes halogenated alkanes) is 10. The highest BCUT2D eigenvalue weighted by Gasteiger charge is 2.50. The summed E-state index contributed by atoms with van der Waals surface area (Å²) < 4.78 is 51.4. The number of anilines is 1. The number of ketones is 1. The van der Waals surface area contributed by atoms with E-state index in [4.69, 9.17) is 24.1 Å². The molecular formula is C49H56F2NO8P. The Bertz CT molecular complexity index is 2190. The number of halogens is 2. The molecule has 0 amide bonds. The van der Waals surface area contributed by atoms with Crippen molar-refractivity contribution in [3.05, 3.63) is 138 Å². The molecule has 0 unspecified atom stereocenters. The molecule has 0 bridgehead atoms. The summed E-state index contributed by atoms with van der Waals surface area (Å²) in [5, 5.41) is 0. The Morgan fingerprint density at radius 3 is 1.56 bits per heavy atom. The van der Waals surface area contributed by atoms with Crippen molar-refractivity contribution in [3.8, 4) is 33.8 Å². The predicted octanol–water partition coefficient (Wildman–Crippen LogP) is 13.1. The molecule has 0 aliphatic heterocycles. The quantitative estimate of drug-likeness (QED) is 0.0227. The topological polar surface area (TPSA) is 131 Å². The fourth-order valence-electron chi connectivity index (χ4n) is 6.77. The monoisotopic (exact) mass is 855 g/mol. The zero-order chi connectivity index (χ0) is 43.7. The highest BCUT2D eigenvalue weighted by molar-refractivity contribution is 7.52. The largest absolute Gasteiger partial charge is 0.494 e. The van der Waals surface area contributed by atoms with Gasteiger partial charge in [-0.15, -0.1) is 0 Å². The first-order chi connectivity index (χ1) is 29.4. The summed E-state index contributed by atoms with van der Waals surface area (Å²) in [6.45, 7) is 5.69. The van der Waals surface area contributed by atoms with E-state index in [-0.39, 0.29) is 22.6 Å². The maximum atomic E-state index is 14.3. The average Bonchev–Trinajstić information content (AvgIpc) is 3.27. The van der Waals surface area contributed by atoms with Crippen LogP contribution in [0, 0.1) is 0 Å². The van der Waals surface area contributed by atoms with Gasteiger partial charge in [0.2, 0.25) is 0 Å². The normalized spacial score (nSPS) is 11.6. The van der Waals surface area contributed by atoms with E-state index in [1.54, 1.807) is 18.2 Å². The van der Waals surface area contributed by atoms with Crippen LogP contribution >= 0.6 is 7.60 Å². The van der Waals surface area contributed by atoms with Crippen molar-refractivity contribution >= 4 is 25.0 Å². The lowest BCUT2D eigenvalue weighted by Gasteiger charge is -2.18. The molecular weight excluding hydrogens is 800 g/mol. The summed E-state index contributed by atoms with van der Waals surface area (Å²) in [6, 6.07) is 31.0. The van der Waals surface area contributed by atoms with Gasteiger partial charge in [0.15, 0.2) is 5.78 Å². The molecule has 0 aliphatic rings. The lowest BCUT2D eigenvalue weighted by molar-refractivity contribution is 0.0562. The minimum absolute atomic E-state index is 0.0403. The first kappa shape index (κ1) is 46.7. The van der Waals surface area contributed by atoms with Crippen molar-refractivity contribution in [1.82, 2.24) is 0 Å². The van der Waals surface area contributed by atoms with Gasteiger partial charge in [0, 0.05) is 16.7 Å². The maximum Gasteiger partial charge on any atom is 0.399 e. The van der Waals surface area contributed by atoms with Gasteiger partial charge in [-0.1, -0.05) is 145 Å². The highest BCUT2D eigenvalue weighted by Crippen LogP contribution is 2.59. The molecule has 5 aromatic carbocycles. The molecule has 0 saturated heterocycles. The number of hydrogen-bond donors (Lipinski definition) is 3. The molecule has 9 nitrogen and oxygen atoms in total. The molecule has 324 valence electrons. The van der Waals surface area contributed by atoms with Crippen LogP contribution < -0.4 is 15.0 Å². The van der Waals surface area contributed by atoms with E-state index in [1.807, 2.05) is 60.7 Å². The Hall–Kier alpha value is -5.35. The van der Waals surface area contributed by atoms with Crippen LogP contribution in [0.25, 0.3) is 22.3 Å². The van der Waals surface area contributed by atoms with Gasteiger partial charge in [-0.2, -0.15) is 8.78 Å². The minimum Gasteiger partial charge on any atom is -0.494 e. The number of alkyl halides is 2. The number of ether oxygens (including phenoxy) is 2. The summed E-state index contributed by atoms with van der Waals surface area (Å²) in [6.07, 6.45) is 14.1.